The Labute approximate surface area is 182 Å². The van der Waals surface area contributed by atoms with E-state index in [4.69, 9.17) is 17.0 Å². The zero-order valence-corrected chi connectivity index (χ0v) is 18.3. The molecule has 0 aromatic heterocycles. The second-order valence-corrected chi connectivity index (χ2v) is 8.48. The maximum Gasteiger partial charge on any atom is 0.269 e. The highest BCUT2D eigenvalue weighted by molar-refractivity contribution is 7.80. The highest BCUT2D eigenvalue weighted by Gasteiger charge is 2.36. The third-order valence-electron chi connectivity index (χ3n) is 4.43. The van der Waals surface area contributed by atoms with Crippen molar-refractivity contribution in [2.45, 2.75) is 13.8 Å². The summed E-state index contributed by atoms with van der Waals surface area (Å²) in [6.45, 7) is 4.65. The summed E-state index contributed by atoms with van der Waals surface area (Å²) >= 11 is 5.27. The predicted octanol–water partition coefficient (Wildman–Crippen LogP) is 3.74. The number of nitrogens with zero attached hydrogens (tertiary/aromatic N) is 2. The molecule has 30 heavy (non-hydrogen) atoms. The molecule has 1 fully saturated rings. The third kappa shape index (κ3) is 5.11. The van der Waals surface area contributed by atoms with Crippen LogP contribution in [0, 0.1) is 5.41 Å². The Morgan fingerprint density at radius 1 is 1.03 bits per heavy atom. The highest BCUT2D eigenvalue weighted by atomic mass is 32.1. The summed E-state index contributed by atoms with van der Waals surface area (Å²) in [5.74, 6) is 0.437. The first-order valence-corrected chi connectivity index (χ1v) is 9.97. The lowest BCUT2D eigenvalue weighted by Crippen LogP contribution is -2.54. The Bertz CT molecular complexity index is 983. The lowest BCUT2D eigenvalue weighted by Gasteiger charge is -2.31. The van der Waals surface area contributed by atoms with Crippen LogP contribution in [0.3, 0.4) is 0 Å². The van der Waals surface area contributed by atoms with Gasteiger partial charge >= 0.3 is 0 Å². The quantitative estimate of drug-likeness (QED) is 0.436. The highest BCUT2D eigenvalue weighted by Crippen LogP contribution is 2.28. The molecule has 156 valence electrons. The largest absolute Gasteiger partial charge is 0.457 e. The van der Waals surface area contributed by atoms with Gasteiger partial charge in [-0.25, -0.2) is 0 Å². The average molecular weight is 424 g/mol. The smallest absolute Gasteiger partial charge is 0.269 e. The molecule has 0 bridgehead atoms. The molecule has 1 aliphatic heterocycles. The second-order valence-electron chi connectivity index (χ2n) is 8.09. The number of thiocarbonyl (C=S) groups is 1. The fourth-order valence-corrected chi connectivity index (χ4v) is 3.71. The van der Waals surface area contributed by atoms with E-state index in [9.17, 15) is 9.59 Å². The molecule has 1 N–H and O–H groups in total. The molecule has 0 spiro atoms. The molecule has 1 saturated heterocycles. The van der Waals surface area contributed by atoms with Crippen molar-refractivity contribution in [3.8, 4) is 11.5 Å². The maximum absolute atomic E-state index is 13.2. The van der Waals surface area contributed by atoms with Gasteiger partial charge in [0.15, 0.2) is 5.11 Å². The molecule has 1 aliphatic rings. The van der Waals surface area contributed by atoms with Crippen molar-refractivity contribution in [2.75, 3.05) is 25.5 Å². The standard InChI is InChI=1S/C23H25N3O3S/c1-23(2,15-25(3)4)14-19-20(27)24-22(30)26(21(19)28)16-10-12-18(13-11-16)29-17-8-6-5-7-9-17/h5-14H,15H2,1-4H3,(H,24,27,30)/b19-14+. The van der Waals surface area contributed by atoms with Gasteiger partial charge in [0.25, 0.3) is 11.8 Å². The molecule has 0 radical (unpaired) electrons. The average Bonchev–Trinajstić information content (AvgIpc) is 2.66. The summed E-state index contributed by atoms with van der Waals surface area (Å²) in [4.78, 5) is 29.0. The van der Waals surface area contributed by atoms with Crippen molar-refractivity contribution in [3.05, 3.63) is 66.2 Å². The Kier molecular flexibility index (Phi) is 6.34. The maximum atomic E-state index is 13.2. The first-order valence-electron chi connectivity index (χ1n) is 9.57. The summed E-state index contributed by atoms with van der Waals surface area (Å²) in [6.07, 6.45) is 1.71. The van der Waals surface area contributed by atoms with Gasteiger partial charge in [-0.05, 0) is 68.1 Å². The van der Waals surface area contributed by atoms with Crippen LogP contribution in [0.25, 0.3) is 0 Å². The normalized spacial score (nSPS) is 16.2. The molecule has 6 nitrogen and oxygen atoms in total. The van der Waals surface area contributed by atoms with E-state index >= 15 is 0 Å². The number of hydrogen-bond donors (Lipinski definition) is 1. The van der Waals surface area contributed by atoms with Crippen molar-refractivity contribution in [2.24, 2.45) is 5.41 Å². The SMILES string of the molecule is CN(C)CC(C)(C)/C=C1\C(=O)NC(=S)N(c2ccc(Oc3ccccc3)cc2)C1=O. The van der Waals surface area contributed by atoms with Crippen LogP contribution in [-0.2, 0) is 9.59 Å². The van der Waals surface area contributed by atoms with Gasteiger partial charge in [0, 0.05) is 6.54 Å². The molecule has 7 heteroatoms. The minimum absolute atomic E-state index is 0.0595. The van der Waals surface area contributed by atoms with E-state index in [0.717, 1.165) is 5.75 Å². The van der Waals surface area contributed by atoms with Gasteiger partial charge in [0.2, 0.25) is 0 Å². The molecule has 2 aromatic rings. The Hall–Kier alpha value is -3.03. The molecule has 1 heterocycles. The van der Waals surface area contributed by atoms with Crippen LogP contribution in [0.2, 0.25) is 0 Å². The predicted molar refractivity (Wildman–Crippen MR) is 122 cm³/mol. The van der Waals surface area contributed by atoms with Crippen LogP contribution >= 0.6 is 12.2 Å². The first-order chi connectivity index (χ1) is 14.2. The number of carbonyl (C=O) groups is 2. The minimum Gasteiger partial charge on any atom is -0.457 e. The Morgan fingerprint density at radius 3 is 2.23 bits per heavy atom. The molecular weight excluding hydrogens is 398 g/mol. The van der Waals surface area contributed by atoms with Gasteiger partial charge in [-0.15, -0.1) is 0 Å². The molecule has 0 aliphatic carbocycles. The zero-order chi connectivity index (χ0) is 21.9. The second kappa shape index (κ2) is 8.77. The third-order valence-corrected chi connectivity index (χ3v) is 4.72. The molecule has 2 amide bonds. The van der Waals surface area contributed by atoms with E-state index in [1.807, 2.05) is 63.2 Å². The molecule has 0 unspecified atom stereocenters. The number of rotatable bonds is 6. The number of anilines is 1. The van der Waals surface area contributed by atoms with Crippen LogP contribution in [0.5, 0.6) is 11.5 Å². The van der Waals surface area contributed by atoms with Gasteiger partial charge in [-0.1, -0.05) is 38.1 Å². The summed E-state index contributed by atoms with van der Waals surface area (Å²) in [7, 11) is 3.90. The van der Waals surface area contributed by atoms with Crippen LogP contribution < -0.4 is 15.0 Å². The van der Waals surface area contributed by atoms with Crippen LogP contribution in [0.4, 0.5) is 5.69 Å². The number of benzene rings is 2. The van der Waals surface area contributed by atoms with Gasteiger partial charge in [-0.3, -0.25) is 19.8 Å². The van der Waals surface area contributed by atoms with Crippen molar-refractivity contribution in [1.29, 1.82) is 0 Å². The van der Waals surface area contributed by atoms with E-state index in [0.29, 0.717) is 18.0 Å². The Morgan fingerprint density at radius 2 is 1.63 bits per heavy atom. The van der Waals surface area contributed by atoms with Crippen molar-refractivity contribution in [3.63, 3.8) is 0 Å². The summed E-state index contributed by atoms with van der Waals surface area (Å²) in [6, 6.07) is 16.4. The number of amides is 2. The monoisotopic (exact) mass is 423 g/mol. The summed E-state index contributed by atoms with van der Waals surface area (Å²) in [5.41, 5.74) is 0.269. The number of ether oxygens (including phenoxy) is 1. The number of carbonyl (C=O) groups excluding carboxylic acids is 2. The number of hydrogen-bond acceptors (Lipinski definition) is 5. The fourth-order valence-electron chi connectivity index (χ4n) is 3.43. The van der Waals surface area contributed by atoms with Crippen molar-refractivity contribution >= 4 is 34.8 Å². The molecule has 0 atom stereocenters. The number of nitrogens with one attached hydrogen (secondary N) is 1. The van der Waals surface area contributed by atoms with Gasteiger partial charge < -0.3 is 9.64 Å². The van der Waals surface area contributed by atoms with Crippen LogP contribution in [0.1, 0.15) is 13.8 Å². The Balaban J connectivity index is 1.85. The van der Waals surface area contributed by atoms with E-state index in [-0.39, 0.29) is 16.1 Å². The van der Waals surface area contributed by atoms with E-state index in [1.165, 1.54) is 4.90 Å². The van der Waals surface area contributed by atoms with Gasteiger partial charge in [0.1, 0.15) is 17.1 Å². The number of para-hydroxylation sites is 1. The molecule has 2 aromatic carbocycles. The molecule has 3 rings (SSSR count). The summed E-state index contributed by atoms with van der Waals surface area (Å²) < 4.78 is 5.79. The van der Waals surface area contributed by atoms with Gasteiger partial charge in [-0.2, -0.15) is 0 Å². The van der Waals surface area contributed by atoms with Crippen LogP contribution in [-0.4, -0.2) is 42.5 Å². The van der Waals surface area contributed by atoms with Crippen molar-refractivity contribution < 1.29 is 14.3 Å². The van der Waals surface area contributed by atoms with Gasteiger partial charge in [0.05, 0.1) is 5.69 Å². The molecule has 0 saturated carbocycles. The zero-order valence-electron chi connectivity index (χ0n) is 17.5. The fraction of sp³-hybridized carbons (Fsp3) is 0.261. The first kappa shape index (κ1) is 21.7. The van der Waals surface area contributed by atoms with Crippen molar-refractivity contribution in [1.82, 2.24) is 10.2 Å². The lowest BCUT2D eigenvalue weighted by atomic mass is 9.89. The van der Waals surface area contributed by atoms with Crippen LogP contribution in [0.15, 0.2) is 66.2 Å². The minimum atomic E-state index is -0.475. The topological polar surface area (TPSA) is 61.9 Å². The van der Waals surface area contributed by atoms with E-state index in [2.05, 4.69) is 5.32 Å². The lowest BCUT2D eigenvalue weighted by molar-refractivity contribution is -0.122. The molecular formula is C23H25N3O3S. The summed E-state index contributed by atoms with van der Waals surface area (Å²) in [5, 5.41) is 2.68. The van der Waals surface area contributed by atoms with E-state index < -0.39 is 11.8 Å². The van der Waals surface area contributed by atoms with E-state index in [1.54, 1.807) is 30.3 Å².